The molecule has 0 aromatic heterocycles. The van der Waals surface area contributed by atoms with E-state index in [0.29, 0.717) is 22.6 Å². The standard InChI is InChI=1S/C8H4F6O2S/c9-7(10,11)5(15)1-3-17-4-2-6(16)8(12,13)14/h1-4H/b3-1+,4-2+. The van der Waals surface area contributed by atoms with E-state index in [0.717, 1.165) is 0 Å². The molecule has 17 heavy (non-hydrogen) atoms. The zero-order valence-electron chi connectivity index (χ0n) is 7.80. The van der Waals surface area contributed by atoms with Crippen LogP contribution >= 0.6 is 11.8 Å². The minimum atomic E-state index is -5.03. The van der Waals surface area contributed by atoms with Gasteiger partial charge in [-0.15, -0.1) is 11.8 Å². The van der Waals surface area contributed by atoms with E-state index in [1.54, 1.807) is 0 Å². The molecule has 0 fully saturated rings. The van der Waals surface area contributed by atoms with Gasteiger partial charge in [0.25, 0.3) is 11.6 Å². The maximum absolute atomic E-state index is 11.6. The maximum atomic E-state index is 11.6. The van der Waals surface area contributed by atoms with E-state index in [-0.39, 0.29) is 12.2 Å². The molecule has 0 aromatic carbocycles. The van der Waals surface area contributed by atoms with Crippen LogP contribution in [0, 0.1) is 0 Å². The first-order valence-electron chi connectivity index (χ1n) is 3.76. The summed E-state index contributed by atoms with van der Waals surface area (Å²) < 4.78 is 69.7. The number of allylic oxidation sites excluding steroid dienone is 2. The Balaban J connectivity index is 4.18. The molecular formula is C8H4F6O2S. The average Bonchev–Trinajstić information content (AvgIpc) is 2.13. The molecule has 0 heterocycles. The molecule has 0 aromatic rings. The highest BCUT2D eigenvalue weighted by Crippen LogP contribution is 2.19. The fourth-order valence-electron chi connectivity index (χ4n) is 0.437. The van der Waals surface area contributed by atoms with Crippen molar-refractivity contribution in [1.82, 2.24) is 0 Å². The molecule has 96 valence electrons. The Bertz CT molecular complexity index is 318. The van der Waals surface area contributed by atoms with E-state index in [2.05, 4.69) is 0 Å². The fraction of sp³-hybridized carbons (Fsp3) is 0.250. The SMILES string of the molecule is O=C(/C=C/S/C=C/C(=O)C(F)(F)F)C(F)(F)F. The molecule has 2 nitrogen and oxygen atoms in total. The van der Waals surface area contributed by atoms with E-state index >= 15 is 0 Å². The Hall–Kier alpha value is -1.25. The number of rotatable bonds is 4. The first-order valence-corrected chi connectivity index (χ1v) is 4.70. The van der Waals surface area contributed by atoms with Gasteiger partial charge >= 0.3 is 12.4 Å². The molecular weight excluding hydrogens is 274 g/mol. The van der Waals surface area contributed by atoms with Crippen molar-refractivity contribution < 1.29 is 35.9 Å². The maximum Gasteiger partial charge on any atom is 0.454 e. The molecule has 0 aliphatic carbocycles. The summed E-state index contributed by atoms with van der Waals surface area (Å²) >= 11 is 0.339. The minimum absolute atomic E-state index is 0.146. The molecule has 0 rings (SSSR count). The quantitative estimate of drug-likeness (QED) is 0.585. The van der Waals surface area contributed by atoms with Crippen LogP contribution in [-0.4, -0.2) is 23.9 Å². The Morgan fingerprint density at radius 2 is 1.06 bits per heavy atom. The van der Waals surface area contributed by atoms with Crippen LogP contribution in [0.2, 0.25) is 0 Å². The number of hydrogen-bond donors (Lipinski definition) is 0. The van der Waals surface area contributed by atoms with Crippen LogP contribution in [0.3, 0.4) is 0 Å². The van der Waals surface area contributed by atoms with Crippen molar-refractivity contribution in [3.8, 4) is 0 Å². The van der Waals surface area contributed by atoms with Crippen molar-refractivity contribution in [1.29, 1.82) is 0 Å². The summed E-state index contributed by atoms with van der Waals surface area (Å²) in [6.07, 6.45) is -9.76. The first-order chi connectivity index (χ1) is 7.55. The number of carbonyl (C=O) groups is 2. The van der Waals surface area contributed by atoms with Crippen LogP contribution in [0.4, 0.5) is 26.3 Å². The fourth-order valence-corrected chi connectivity index (χ4v) is 0.932. The molecule has 0 aliphatic rings. The number of thioether (sulfide) groups is 1. The summed E-state index contributed by atoms with van der Waals surface area (Å²) in [5.74, 6) is -4.28. The van der Waals surface area contributed by atoms with Gasteiger partial charge in [0, 0.05) is 0 Å². The highest BCUT2D eigenvalue weighted by Gasteiger charge is 2.36. The van der Waals surface area contributed by atoms with Gasteiger partial charge in [-0.3, -0.25) is 9.59 Å². The van der Waals surface area contributed by atoms with Crippen LogP contribution in [0.15, 0.2) is 23.0 Å². The predicted molar refractivity (Wildman–Crippen MR) is 48.0 cm³/mol. The van der Waals surface area contributed by atoms with E-state index < -0.39 is 23.9 Å². The summed E-state index contributed by atoms with van der Waals surface area (Å²) in [7, 11) is 0. The van der Waals surface area contributed by atoms with Crippen molar-refractivity contribution in [3.05, 3.63) is 23.0 Å². The largest absolute Gasteiger partial charge is 0.454 e. The second-order valence-corrected chi connectivity index (χ2v) is 3.28. The summed E-state index contributed by atoms with van der Waals surface area (Å²) in [5, 5.41) is 1.24. The number of hydrogen-bond acceptors (Lipinski definition) is 3. The van der Waals surface area contributed by atoms with Crippen LogP contribution < -0.4 is 0 Å². The van der Waals surface area contributed by atoms with Gasteiger partial charge in [-0.2, -0.15) is 26.3 Å². The van der Waals surface area contributed by atoms with E-state index in [1.807, 2.05) is 0 Å². The summed E-state index contributed by atoms with van der Waals surface area (Å²) in [6, 6.07) is 0. The lowest BCUT2D eigenvalue weighted by Crippen LogP contribution is -2.19. The van der Waals surface area contributed by atoms with Crippen molar-refractivity contribution >= 4 is 23.3 Å². The van der Waals surface area contributed by atoms with Crippen molar-refractivity contribution in [3.63, 3.8) is 0 Å². The second-order valence-electron chi connectivity index (χ2n) is 2.47. The van der Waals surface area contributed by atoms with Gasteiger partial charge in [-0.1, -0.05) is 0 Å². The predicted octanol–water partition coefficient (Wildman–Crippen LogP) is 3.01. The molecule has 0 saturated heterocycles. The normalized spacial score (nSPS) is 13.5. The second kappa shape index (κ2) is 5.89. The van der Waals surface area contributed by atoms with Crippen LogP contribution in [0.5, 0.6) is 0 Å². The van der Waals surface area contributed by atoms with Gasteiger partial charge in [-0.25, -0.2) is 0 Å². The average molecular weight is 278 g/mol. The number of carbonyl (C=O) groups excluding carboxylic acids is 2. The van der Waals surface area contributed by atoms with Crippen LogP contribution in [0.25, 0.3) is 0 Å². The van der Waals surface area contributed by atoms with Crippen molar-refractivity contribution in [2.75, 3.05) is 0 Å². The number of halogens is 6. The third kappa shape index (κ3) is 6.82. The minimum Gasteiger partial charge on any atom is -0.285 e. The van der Waals surface area contributed by atoms with E-state index in [9.17, 15) is 35.9 Å². The Kier molecular flexibility index (Phi) is 5.46. The van der Waals surface area contributed by atoms with Gasteiger partial charge in [0.15, 0.2) is 0 Å². The van der Waals surface area contributed by atoms with Gasteiger partial charge in [-0.05, 0) is 23.0 Å². The van der Waals surface area contributed by atoms with Gasteiger partial charge in [0.2, 0.25) is 0 Å². The zero-order chi connectivity index (χ0) is 13.7. The van der Waals surface area contributed by atoms with Crippen LogP contribution in [0.1, 0.15) is 0 Å². The lowest BCUT2D eigenvalue weighted by atomic mass is 10.4. The highest BCUT2D eigenvalue weighted by atomic mass is 32.2. The highest BCUT2D eigenvalue weighted by molar-refractivity contribution is 8.04. The van der Waals surface area contributed by atoms with Crippen LogP contribution in [-0.2, 0) is 9.59 Å². The molecule has 0 radical (unpaired) electrons. The lowest BCUT2D eigenvalue weighted by molar-refractivity contribution is -0.165. The Morgan fingerprint density at radius 1 is 0.765 bits per heavy atom. The number of alkyl halides is 6. The van der Waals surface area contributed by atoms with Gasteiger partial charge in [0.05, 0.1) is 0 Å². The summed E-state index contributed by atoms with van der Waals surface area (Å²) in [4.78, 5) is 20.4. The summed E-state index contributed by atoms with van der Waals surface area (Å²) in [5.41, 5.74) is 0. The molecule has 9 heteroatoms. The molecule has 0 spiro atoms. The first kappa shape index (κ1) is 15.8. The lowest BCUT2D eigenvalue weighted by Gasteiger charge is -1.99. The smallest absolute Gasteiger partial charge is 0.285 e. The third-order valence-corrected chi connectivity index (χ3v) is 1.74. The third-order valence-electron chi connectivity index (χ3n) is 1.15. The molecule has 0 atom stereocenters. The van der Waals surface area contributed by atoms with Gasteiger partial charge in [0.1, 0.15) is 0 Å². The molecule has 0 amide bonds. The summed E-state index contributed by atoms with van der Waals surface area (Å²) in [6.45, 7) is 0. The zero-order valence-corrected chi connectivity index (χ0v) is 8.62. The van der Waals surface area contributed by atoms with Crippen molar-refractivity contribution in [2.45, 2.75) is 12.4 Å². The number of ketones is 2. The molecule has 0 saturated carbocycles. The van der Waals surface area contributed by atoms with Crippen molar-refractivity contribution in [2.24, 2.45) is 0 Å². The Labute approximate surface area is 95.4 Å². The molecule has 0 N–H and O–H groups in total. The molecule has 0 bridgehead atoms. The monoisotopic (exact) mass is 278 g/mol. The topological polar surface area (TPSA) is 34.1 Å². The molecule has 0 unspecified atom stereocenters. The van der Waals surface area contributed by atoms with E-state index in [1.165, 1.54) is 0 Å². The van der Waals surface area contributed by atoms with Gasteiger partial charge < -0.3 is 0 Å². The molecule has 0 aliphatic heterocycles. The Morgan fingerprint density at radius 3 is 1.29 bits per heavy atom. The van der Waals surface area contributed by atoms with E-state index in [4.69, 9.17) is 0 Å².